The lowest BCUT2D eigenvalue weighted by atomic mass is 10.1. The smallest absolute Gasteiger partial charge is 0.247 e. The van der Waals surface area contributed by atoms with E-state index >= 15 is 0 Å². The molecule has 0 aliphatic rings. The molecule has 9 heteroatoms. The normalized spacial score (nSPS) is 12.0. The fourth-order valence-electron chi connectivity index (χ4n) is 2.86. The van der Waals surface area contributed by atoms with Crippen molar-refractivity contribution in [2.75, 3.05) is 5.32 Å². The van der Waals surface area contributed by atoms with Gasteiger partial charge in [-0.3, -0.25) is 0 Å². The van der Waals surface area contributed by atoms with Crippen molar-refractivity contribution >= 4 is 17.3 Å². The molecular weight excluding hydrogens is 422 g/mol. The van der Waals surface area contributed by atoms with Gasteiger partial charge in [0.05, 0.1) is 5.69 Å². The van der Waals surface area contributed by atoms with E-state index in [0.717, 1.165) is 12.1 Å². The molecule has 1 heterocycles. The van der Waals surface area contributed by atoms with Crippen LogP contribution >= 0.6 is 11.6 Å². The average Bonchev–Trinajstić information content (AvgIpc) is 3.18. The maximum absolute atomic E-state index is 14.2. The van der Waals surface area contributed by atoms with Crippen LogP contribution in [0.1, 0.15) is 17.5 Å². The van der Waals surface area contributed by atoms with Gasteiger partial charge in [-0.05, 0) is 42.5 Å². The molecule has 0 unspecified atom stereocenters. The van der Waals surface area contributed by atoms with E-state index in [9.17, 15) is 17.6 Å². The molecule has 1 atom stereocenters. The zero-order chi connectivity index (χ0) is 21.3. The van der Waals surface area contributed by atoms with Gasteiger partial charge in [0.15, 0.2) is 0 Å². The molecule has 0 radical (unpaired) electrons. The topological polar surface area (TPSA) is 51.0 Å². The Bertz CT molecular complexity index is 1210. The highest BCUT2D eigenvalue weighted by atomic mass is 35.5. The fraction of sp³-hybridized carbons (Fsp3) is 0.0476. The summed E-state index contributed by atoms with van der Waals surface area (Å²) < 4.78 is 60.2. The Labute approximate surface area is 173 Å². The standard InChI is InChI=1S/C21H12ClF4N3O/c22-16-9-13(24)4-6-15(16)19(27-18-7-5-14(25)10-17(18)26)21-29-28-20(30-21)11-2-1-3-12(23)8-11/h1-10,19,27H/t19-/m0/s1. The second-order valence-electron chi connectivity index (χ2n) is 6.32. The Morgan fingerprint density at radius 1 is 0.833 bits per heavy atom. The molecule has 4 nitrogen and oxygen atoms in total. The van der Waals surface area contributed by atoms with Crippen LogP contribution in [0.4, 0.5) is 23.2 Å². The zero-order valence-electron chi connectivity index (χ0n) is 15.0. The first-order valence-electron chi connectivity index (χ1n) is 8.66. The van der Waals surface area contributed by atoms with Crippen LogP contribution in [0.5, 0.6) is 0 Å². The summed E-state index contributed by atoms with van der Waals surface area (Å²) in [6.45, 7) is 0. The van der Waals surface area contributed by atoms with Crippen LogP contribution in [-0.2, 0) is 0 Å². The average molecular weight is 434 g/mol. The minimum Gasteiger partial charge on any atom is -0.418 e. The Morgan fingerprint density at radius 3 is 2.30 bits per heavy atom. The van der Waals surface area contributed by atoms with Crippen LogP contribution in [0.15, 0.2) is 65.1 Å². The second-order valence-corrected chi connectivity index (χ2v) is 6.73. The minimum absolute atomic E-state index is 0.0223. The van der Waals surface area contributed by atoms with Gasteiger partial charge in [0.25, 0.3) is 0 Å². The van der Waals surface area contributed by atoms with Crippen molar-refractivity contribution in [3.63, 3.8) is 0 Å². The zero-order valence-corrected chi connectivity index (χ0v) is 15.8. The van der Waals surface area contributed by atoms with Crippen molar-refractivity contribution < 1.29 is 22.0 Å². The van der Waals surface area contributed by atoms with E-state index in [1.165, 1.54) is 36.4 Å². The number of aromatic nitrogens is 2. The molecule has 4 aromatic rings. The third-order valence-electron chi connectivity index (χ3n) is 4.26. The van der Waals surface area contributed by atoms with Crippen molar-refractivity contribution in [3.8, 4) is 11.5 Å². The molecule has 0 bridgehead atoms. The predicted molar refractivity (Wildman–Crippen MR) is 103 cm³/mol. The van der Waals surface area contributed by atoms with Gasteiger partial charge in [-0.1, -0.05) is 23.7 Å². The highest BCUT2D eigenvalue weighted by Crippen LogP contribution is 2.33. The summed E-state index contributed by atoms with van der Waals surface area (Å²) in [5, 5.41) is 10.7. The van der Waals surface area contributed by atoms with Crippen LogP contribution < -0.4 is 5.32 Å². The van der Waals surface area contributed by atoms with Crippen molar-refractivity contribution in [2.24, 2.45) is 0 Å². The first-order valence-corrected chi connectivity index (χ1v) is 9.04. The van der Waals surface area contributed by atoms with Gasteiger partial charge in [-0.15, -0.1) is 10.2 Å². The number of rotatable bonds is 5. The van der Waals surface area contributed by atoms with Gasteiger partial charge < -0.3 is 9.73 Å². The van der Waals surface area contributed by atoms with Crippen LogP contribution in [0.25, 0.3) is 11.5 Å². The third kappa shape index (κ3) is 4.13. The van der Waals surface area contributed by atoms with E-state index in [-0.39, 0.29) is 22.5 Å². The molecule has 30 heavy (non-hydrogen) atoms. The molecule has 1 N–H and O–H groups in total. The molecule has 0 saturated heterocycles. The summed E-state index contributed by atoms with van der Waals surface area (Å²) in [5.74, 6) is -2.68. The SMILES string of the molecule is Fc1cccc(-c2nnc([C@@H](Nc3ccc(F)cc3F)c3ccc(F)cc3Cl)o2)c1. The van der Waals surface area contributed by atoms with E-state index < -0.39 is 29.3 Å². The number of halogens is 5. The van der Waals surface area contributed by atoms with Gasteiger partial charge >= 0.3 is 0 Å². The molecule has 1 aromatic heterocycles. The molecule has 0 saturated carbocycles. The van der Waals surface area contributed by atoms with E-state index in [2.05, 4.69) is 15.5 Å². The first-order chi connectivity index (χ1) is 14.4. The lowest BCUT2D eigenvalue weighted by Crippen LogP contribution is -2.14. The summed E-state index contributed by atoms with van der Waals surface area (Å²) in [7, 11) is 0. The summed E-state index contributed by atoms with van der Waals surface area (Å²) in [4.78, 5) is 0. The highest BCUT2D eigenvalue weighted by Gasteiger charge is 2.25. The fourth-order valence-corrected chi connectivity index (χ4v) is 3.14. The minimum atomic E-state index is -0.993. The number of hydrogen-bond acceptors (Lipinski definition) is 4. The number of nitrogens with one attached hydrogen (secondary N) is 1. The van der Waals surface area contributed by atoms with Crippen LogP contribution in [0, 0.1) is 23.3 Å². The Hall–Kier alpha value is -3.39. The van der Waals surface area contributed by atoms with Crippen LogP contribution in [0.2, 0.25) is 5.02 Å². The molecule has 0 aliphatic heterocycles. The summed E-state index contributed by atoms with van der Waals surface area (Å²) in [5.41, 5.74) is 0.592. The molecule has 3 aromatic carbocycles. The quantitative estimate of drug-likeness (QED) is 0.384. The van der Waals surface area contributed by atoms with E-state index in [4.69, 9.17) is 16.0 Å². The molecule has 0 amide bonds. The molecule has 152 valence electrons. The maximum atomic E-state index is 14.2. The largest absolute Gasteiger partial charge is 0.418 e. The lowest BCUT2D eigenvalue weighted by Gasteiger charge is -2.18. The van der Waals surface area contributed by atoms with Gasteiger partial charge in [0.2, 0.25) is 11.8 Å². The summed E-state index contributed by atoms with van der Waals surface area (Å²) in [6, 6.07) is 11.1. The molecule has 0 aliphatic carbocycles. The van der Waals surface area contributed by atoms with Gasteiger partial charge in [0.1, 0.15) is 29.3 Å². The second kappa shape index (κ2) is 8.16. The third-order valence-corrected chi connectivity index (χ3v) is 4.59. The number of nitrogens with zero attached hydrogens (tertiary/aromatic N) is 2. The molecule has 0 spiro atoms. The Morgan fingerprint density at radius 2 is 1.57 bits per heavy atom. The maximum Gasteiger partial charge on any atom is 0.247 e. The van der Waals surface area contributed by atoms with Crippen LogP contribution in [-0.4, -0.2) is 10.2 Å². The van der Waals surface area contributed by atoms with Crippen molar-refractivity contribution in [2.45, 2.75) is 6.04 Å². The van der Waals surface area contributed by atoms with Gasteiger partial charge in [-0.2, -0.15) is 0 Å². The van der Waals surface area contributed by atoms with E-state index in [1.807, 2.05) is 0 Å². The molecule has 4 rings (SSSR count). The van der Waals surface area contributed by atoms with Gasteiger partial charge in [-0.25, -0.2) is 17.6 Å². The van der Waals surface area contributed by atoms with Crippen molar-refractivity contribution in [1.29, 1.82) is 0 Å². The van der Waals surface area contributed by atoms with Crippen molar-refractivity contribution in [3.05, 3.63) is 100 Å². The Kier molecular flexibility index (Phi) is 5.41. The molecule has 0 fully saturated rings. The predicted octanol–water partition coefficient (Wildman–Crippen LogP) is 6.15. The first kappa shape index (κ1) is 19.9. The number of anilines is 1. The van der Waals surface area contributed by atoms with E-state index in [1.54, 1.807) is 6.07 Å². The van der Waals surface area contributed by atoms with E-state index in [0.29, 0.717) is 17.2 Å². The summed E-state index contributed by atoms with van der Waals surface area (Å²) >= 11 is 6.18. The molecular formula is C21H12ClF4N3O. The number of hydrogen-bond donors (Lipinski definition) is 1. The van der Waals surface area contributed by atoms with Crippen LogP contribution in [0.3, 0.4) is 0 Å². The Balaban J connectivity index is 1.77. The monoisotopic (exact) mass is 433 g/mol. The van der Waals surface area contributed by atoms with Crippen molar-refractivity contribution in [1.82, 2.24) is 10.2 Å². The van der Waals surface area contributed by atoms with Gasteiger partial charge in [0, 0.05) is 22.2 Å². The number of benzene rings is 3. The summed E-state index contributed by atoms with van der Waals surface area (Å²) in [6.07, 6.45) is 0. The lowest BCUT2D eigenvalue weighted by molar-refractivity contribution is 0.492. The highest BCUT2D eigenvalue weighted by molar-refractivity contribution is 6.31.